The van der Waals surface area contributed by atoms with Crippen molar-refractivity contribution in [3.8, 4) is 0 Å². The zero-order valence-corrected chi connectivity index (χ0v) is 14.8. The average molecular weight is 342 g/mol. The maximum absolute atomic E-state index is 12.5. The van der Waals surface area contributed by atoms with Crippen molar-refractivity contribution in [3.63, 3.8) is 0 Å². The Bertz CT molecular complexity index is 672. The van der Waals surface area contributed by atoms with Crippen molar-refractivity contribution < 1.29 is 4.79 Å². The second-order valence-electron chi connectivity index (χ2n) is 6.56. The number of hydrogen-bond acceptors (Lipinski definition) is 5. The van der Waals surface area contributed by atoms with E-state index in [0.29, 0.717) is 12.3 Å². The van der Waals surface area contributed by atoms with Crippen molar-refractivity contribution >= 4 is 11.7 Å². The number of carbonyl (C=O) groups is 1. The minimum Gasteiger partial charge on any atom is -0.372 e. The first-order chi connectivity index (χ1) is 12.3. The van der Waals surface area contributed by atoms with Crippen LogP contribution in [0.15, 0.2) is 31.1 Å². The van der Waals surface area contributed by atoms with Crippen LogP contribution in [0.5, 0.6) is 0 Å². The van der Waals surface area contributed by atoms with E-state index in [9.17, 15) is 4.79 Å². The van der Waals surface area contributed by atoms with E-state index in [1.54, 1.807) is 24.9 Å². The highest BCUT2D eigenvalue weighted by atomic mass is 16.2. The smallest absolute Gasteiger partial charge is 0.222 e. The summed E-state index contributed by atoms with van der Waals surface area (Å²) < 4.78 is 2.01. The minimum absolute atomic E-state index is 0.262. The molecule has 0 saturated carbocycles. The van der Waals surface area contributed by atoms with Gasteiger partial charge in [-0.2, -0.15) is 0 Å². The van der Waals surface area contributed by atoms with E-state index in [0.717, 1.165) is 56.8 Å². The monoisotopic (exact) mass is 342 g/mol. The minimum atomic E-state index is 0.262. The predicted molar refractivity (Wildman–Crippen MR) is 96.0 cm³/mol. The van der Waals surface area contributed by atoms with Gasteiger partial charge in [0.05, 0.1) is 12.0 Å². The first-order valence-corrected chi connectivity index (χ1v) is 8.97. The standard InChI is InChI=1S/C18H26N6O/c1-19-18-16(21-6-7-22-18)12-15-4-2-10-24(13-15)17(25)5-3-9-23-11-8-20-14-23/h6-8,11,14-15H,2-5,9-10,12-13H2,1H3,(H,19,22)/t15-/m1/s1. The number of aryl methyl sites for hydroxylation is 1. The Balaban J connectivity index is 1.49. The number of amides is 1. The van der Waals surface area contributed by atoms with Crippen LogP contribution in [-0.4, -0.2) is 50.5 Å². The molecule has 1 aliphatic rings. The fourth-order valence-electron chi connectivity index (χ4n) is 3.45. The van der Waals surface area contributed by atoms with Crippen molar-refractivity contribution in [2.45, 2.75) is 38.6 Å². The van der Waals surface area contributed by atoms with Crippen molar-refractivity contribution in [1.29, 1.82) is 0 Å². The molecule has 3 heterocycles. The Labute approximate surface area is 148 Å². The molecule has 2 aromatic rings. The molecule has 25 heavy (non-hydrogen) atoms. The van der Waals surface area contributed by atoms with Gasteiger partial charge in [0.25, 0.3) is 0 Å². The molecule has 1 atom stereocenters. The van der Waals surface area contributed by atoms with Crippen LogP contribution in [-0.2, 0) is 17.8 Å². The summed E-state index contributed by atoms with van der Waals surface area (Å²) >= 11 is 0. The zero-order valence-electron chi connectivity index (χ0n) is 14.8. The lowest BCUT2D eigenvalue weighted by Crippen LogP contribution is -2.40. The summed E-state index contributed by atoms with van der Waals surface area (Å²) in [5, 5.41) is 3.10. The molecule has 0 radical (unpaired) electrons. The SMILES string of the molecule is CNc1nccnc1C[C@H]1CCCN(C(=O)CCCn2ccnc2)C1. The van der Waals surface area contributed by atoms with Crippen molar-refractivity contribution in [1.82, 2.24) is 24.4 Å². The molecule has 0 spiro atoms. The molecule has 134 valence electrons. The predicted octanol–water partition coefficient (Wildman–Crippen LogP) is 1.98. The van der Waals surface area contributed by atoms with Crippen LogP contribution < -0.4 is 5.32 Å². The Morgan fingerprint density at radius 3 is 3.00 bits per heavy atom. The number of anilines is 1. The molecule has 1 amide bonds. The maximum atomic E-state index is 12.5. The zero-order chi connectivity index (χ0) is 17.5. The first-order valence-electron chi connectivity index (χ1n) is 8.97. The Morgan fingerprint density at radius 2 is 2.20 bits per heavy atom. The number of carbonyl (C=O) groups excluding carboxylic acids is 1. The van der Waals surface area contributed by atoms with E-state index in [1.165, 1.54) is 0 Å². The van der Waals surface area contributed by atoms with Crippen LogP contribution in [0.2, 0.25) is 0 Å². The van der Waals surface area contributed by atoms with Crippen LogP contribution in [0, 0.1) is 5.92 Å². The van der Waals surface area contributed by atoms with Gasteiger partial charge in [-0.15, -0.1) is 0 Å². The van der Waals surface area contributed by atoms with E-state index in [4.69, 9.17) is 0 Å². The van der Waals surface area contributed by atoms with Crippen LogP contribution in [0.1, 0.15) is 31.4 Å². The molecular weight excluding hydrogens is 316 g/mol. The average Bonchev–Trinajstić information content (AvgIpc) is 3.16. The maximum Gasteiger partial charge on any atom is 0.222 e. The summed E-state index contributed by atoms with van der Waals surface area (Å²) in [6.07, 6.45) is 13.4. The molecule has 1 saturated heterocycles. The molecule has 3 rings (SSSR count). The summed E-state index contributed by atoms with van der Waals surface area (Å²) in [6.45, 7) is 2.54. The summed E-state index contributed by atoms with van der Waals surface area (Å²) in [4.78, 5) is 27.3. The number of nitrogens with zero attached hydrogens (tertiary/aromatic N) is 5. The molecule has 0 unspecified atom stereocenters. The second kappa shape index (κ2) is 8.60. The Morgan fingerprint density at radius 1 is 1.32 bits per heavy atom. The van der Waals surface area contributed by atoms with Gasteiger partial charge in [-0.1, -0.05) is 0 Å². The largest absolute Gasteiger partial charge is 0.372 e. The highest BCUT2D eigenvalue weighted by molar-refractivity contribution is 5.76. The number of rotatable bonds is 7. The van der Waals surface area contributed by atoms with Gasteiger partial charge in [-0.05, 0) is 31.6 Å². The fraction of sp³-hybridized carbons (Fsp3) is 0.556. The third-order valence-corrected chi connectivity index (χ3v) is 4.73. The van der Waals surface area contributed by atoms with Gasteiger partial charge >= 0.3 is 0 Å². The third kappa shape index (κ3) is 4.78. The molecule has 7 heteroatoms. The number of hydrogen-bond donors (Lipinski definition) is 1. The molecule has 0 aromatic carbocycles. The van der Waals surface area contributed by atoms with Gasteiger partial charge in [0.1, 0.15) is 5.82 Å². The van der Waals surface area contributed by atoms with Crippen molar-refractivity contribution in [2.24, 2.45) is 5.92 Å². The van der Waals surface area contributed by atoms with E-state index in [1.807, 2.05) is 22.7 Å². The molecule has 0 aliphatic carbocycles. The summed E-state index contributed by atoms with van der Waals surface area (Å²) in [5.74, 6) is 1.55. The van der Waals surface area contributed by atoms with Crippen LogP contribution in [0.3, 0.4) is 0 Å². The highest BCUT2D eigenvalue weighted by Crippen LogP contribution is 2.23. The Kier molecular flexibility index (Phi) is 5.98. The van der Waals surface area contributed by atoms with Crippen molar-refractivity contribution in [2.75, 3.05) is 25.5 Å². The van der Waals surface area contributed by atoms with E-state index in [-0.39, 0.29) is 5.91 Å². The van der Waals surface area contributed by atoms with Gasteiger partial charge in [0.15, 0.2) is 0 Å². The topological polar surface area (TPSA) is 75.9 Å². The van der Waals surface area contributed by atoms with E-state index < -0.39 is 0 Å². The summed E-state index contributed by atoms with van der Waals surface area (Å²) in [6, 6.07) is 0. The number of likely N-dealkylation sites (tertiary alicyclic amines) is 1. The molecule has 7 nitrogen and oxygen atoms in total. The second-order valence-corrected chi connectivity index (χ2v) is 6.56. The first kappa shape index (κ1) is 17.4. The molecule has 2 aromatic heterocycles. The van der Waals surface area contributed by atoms with Gasteiger partial charge < -0.3 is 14.8 Å². The molecular formula is C18H26N6O. The molecule has 1 N–H and O–H groups in total. The van der Waals surface area contributed by atoms with Crippen molar-refractivity contribution in [3.05, 3.63) is 36.8 Å². The van der Waals surface area contributed by atoms with Crippen LogP contribution in [0.25, 0.3) is 0 Å². The lowest BCUT2D eigenvalue weighted by atomic mass is 9.93. The number of imidazole rings is 1. The molecule has 1 aliphatic heterocycles. The highest BCUT2D eigenvalue weighted by Gasteiger charge is 2.24. The quantitative estimate of drug-likeness (QED) is 0.833. The van der Waals surface area contributed by atoms with Crippen LogP contribution in [0.4, 0.5) is 5.82 Å². The van der Waals surface area contributed by atoms with Gasteiger partial charge in [-0.3, -0.25) is 9.78 Å². The normalized spacial score (nSPS) is 17.5. The Hall–Kier alpha value is -2.44. The van der Waals surface area contributed by atoms with E-state index >= 15 is 0 Å². The number of aromatic nitrogens is 4. The summed E-state index contributed by atoms with van der Waals surface area (Å²) in [7, 11) is 1.87. The fourth-order valence-corrected chi connectivity index (χ4v) is 3.45. The van der Waals surface area contributed by atoms with Gasteiger partial charge in [0.2, 0.25) is 5.91 Å². The summed E-state index contributed by atoms with van der Waals surface area (Å²) in [5.41, 5.74) is 0.990. The molecule has 1 fully saturated rings. The molecule has 0 bridgehead atoms. The van der Waals surface area contributed by atoms with Crippen LogP contribution >= 0.6 is 0 Å². The number of piperidine rings is 1. The lowest BCUT2D eigenvalue weighted by molar-refractivity contribution is -0.133. The van der Waals surface area contributed by atoms with E-state index in [2.05, 4.69) is 20.3 Å². The lowest BCUT2D eigenvalue weighted by Gasteiger charge is -2.33. The third-order valence-electron chi connectivity index (χ3n) is 4.73. The van der Waals surface area contributed by atoms with Gasteiger partial charge in [-0.25, -0.2) is 9.97 Å². The number of nitrogens with one attached hydrogen (secondary N) is 1. The van der Waals surface area contributed by atoms with Gasteiger partial charge in [0, 0.05) is 57.9 Å².